The van der Waals surface area contributed by atoms with E-state index in [4.69, 9.17) is 0 Å². The van der Waals surface area contributed by atoms with E-state index < -0.39 is 0 Å². The number of β-amino-alcohol motifs (C(OH)–C–C–N with tert-alkyl or cyclic N) is 1. The van der Waals surface area contributed by atoms with Crippen LogP contribution in [0.3, 0.4) is 0 Å². The predicted molar refractivity (Wildman–Crippen MR) is 47.6 cm³/mol. The van der Waals surface area contributed by atoms with E-state index in [1.807, 2.05) is 0 Å². The Morgan fingerprint density at radius 1 is 0.917 bits per heavy atom. The fourth-order valence-electron chi connectivity index (χ4n) is 2.14. The summed E-state index contributed by atoms with van der Waals surface area (Å²) in [7, 11) is 0. The SMILES string of the molecule is OC1CCN(N2CCCCC2)C1. The number of hydrazine groups is 1. The number of hydrogen-bond donors (Lipinski definition) is 1. The van der Waals surface area contributed by atoms with Crippen molar-refractivity contribution in [3.8, 4) is 0 Å². The minimum absolute atomic E-state index is 0.0769. The lowest BCUT2D eigenvalue weighted by Gasteiger charge is -2.34. The van der Waals surface area contributed by atoms with Crippen LogP contribution in [-0.4, -0.2) is 47.4 Å². The van der Waals surface area contributed by atoms with Crippen molar-refractivity contribution < 1.29 is 5.11 Å². The Labute approximate surface area is 73.9 Å². The van der Waals surface area contributed by atoms with Gasteiger partial charge in [0.25, 0.3) is 0 Å². The molecule has 0 aromatic heterocycles. The highest BCUT2D eigenvalue weighted by molar-refractivity contribution is 4.74. The lowest BCUT2D eigenvalue weighted by Crippen LogP contribution is -2.44. The molecule has 0 aromatic carbocycles. The second-order valence-electron chi connectivity index (χ2n) is 3.87. The Kier molecular flexibility index (Phi) is 2.63. The fraction of sp³-hybridized carbons (Fsp3) is 1.00. The van der Waals surface area contributed by atoms with E-state index in [0.717, 1.165) is 19.5 Å². The van der Waals surface area contributed by atoms with Gasteiger partial charge in [-0.3, -0.25) is 0 Å². The van der Waals surface area contributed by atoms with Gasteiger partial charge >= 0.3 is 0 Å². The summed E-state index contributed by atoms with van der Waals surface area (Å²) in [6.45, 7) is 4.32. The Morgan fingerprint density at radius 2 is 1.67 bits per heavy atom. The summed E-state index contributed by atoms with van der Waals surface area (Å²) < 4.78 is 0. The van der Waals surface area contributed by atoms with E-state index in [1.54, 1.807) is 0 Å². The topological polar surface area (TPSA) is 26.7 Å². The molecule has 2 saturated heterocycles. The van der Waals surface area contributed by atoms with Crippen LogP contribution in [0.1, 0.15) is 25.7 Å². The van der Waals surface area contributed by atoms with Crippen molar-refractivity contribution in [1.29, 1.82) is 0 Å². The van der Waals surface area contributed by atoms with Crippen LogP contribution in [0.4, 0.5) is 0 Å². The standard InChI is InChI=1S/C9H18N2O/c12-9-4-7-11(8-9)10-5-2-1-3-6-10/h9,12H,1-8H2. The highest BCUT2D eigenvalue weighted by Crippen LogP contribution is 2.16. The molecule has 0 aromatic rings. The van der Waals surface area contributed by atoms with Crippen molar-refractivity contribution in [3.05, 3.63) is 0 Å². The molecular formula is C9H18N2O. The number of piperidine rings is 1. The minimum Gasteiger partial charge on any atom is -0.392 e. The molecule has 2 fully saturated rings. The Morgan fingerprint density at radius 3 is 2.25 bits per heavy atom. The monoisotopic (exact) mass is 170 g/mol. The molecule has 0 amide bonds. The summed E-state index contributed by atoms with van der Waals surface area (Å²) in [5.41, 5.74) is 0. The van der Waals surface area contributed by atoms with Crippen LogP contribution in [0.15, 0.2) is 0 Å². The maximum atomic E-state index is 9.36. The second kappa shape index (κ2) is 3.73. The maximum absolute atomic E-state index is 9.36. The first kappa shape index (κ1) is 8.48. The van der Waals surface area contributed by atoms with Crippen molar-refractivity contribution in [1.82, 2.24) is 10.0 Å². The van der Waals surface area contributed by atoms with Crippen molar-refractivity contribution in [2.45, 2.75) is 31.8 Å². The third kappa shape index (κ3) is 1.79. The first-order valence-corrected chi connectivity index (χ1v) is 5.04. The number of aliphatic hydroxyl groups excluding tert-OH is 1. The van der Waals surface area contributed by atoms with Crippen molar-refractivity contribution >= 4 is 0 Å². The normalized spacial score (nSPS) is 34.2. The minimum atomic E-state index is -0.0769. The van der Waals surface area contributed by atoms with Crippen molar-refractivity contribution in [3.63, 3.8) is 0 Å². The van der Waals surface area contributed by atoms with E-state index in [0.29, 0.717) is 0 Å². The first-order chi connectivity index (χ1) is 5.86. The molecule has 1 N–H and O–H groups in total. The van der Waals surface area contributed by atoms with Gasteiger partial charge < -0.3 is 5.11 Å². The zero-order chi connectivity index (χ0) is 8.39. The van der Waals surface area contributed by atoms with E-state index in [-0.39, 0.29) is 6.10 Å². The predicted octanol–water partition coefficient (Wildman–Crippen LogP) is 0.454. The van der Waals surface area contributed by atoms with Gasteiger partial charge in [-0.1, -0.05) is 6.42 Å². The zero-order valence-electron chi connectivity index (χ0n) is 7.58. The lowest BCUT2D eigenvalue weighted by atomic mass is 10.2. The molecule has 0 bridgehead atoms. The molecule has 0 spiro atoms. The van der Waals surface area contributed by atoms with Crippen LogP contribution in [-0.2, 0) is 0 Å². The summed E-state index contributed by atoms with van der Waals surface area (Å²) in [5, 5.41) is 14.1. The quantitative estimate of drug-likeness (QED) is 0.619. The van der Waals surface area contributed by atoms with Gasteiger partial charge in [-0.05, 0) is 19.3 Å². The summed E-state index contributed by atoms with van der Waals surface area (Å²) in [5.74, 6) is 0. The average Bonchev–Trinajstić information content (AvgIpc) is 2.54. The molecule has 0 saturated carbocycles. The zero-order valence-corrected chi connectivity index (χ0v) is 7.58. The molecule has 1 unspecified atom stereocenters. The Hall–Kier alpha value is -0.120. The number of nitrogens with zero attached hydrogens (tertiary/aromatic N) is 2. The van der Waals surface area contributed by atoms with Crippen LogP contribution in [0, 0.1) is 0 Å². The van der Waals surface area contributed by atoms with Crippen molar-refractivity contribution in [2.24, 2.45) is 0 Å². The van der Waals surface area contributed by atoms with Gasteiger partial charge in [0.1, 0.15) is 0 Å². The van der Waals surface area contributed by atoms with Crippen LogP contribution < -0.4 is 0 Å². The third-order valence-electron chi connectivity index (χ3n) is 2.87. The first-order valence-electron chi connectivity index (χ1n) is 5.04. The van der Waals surface area contributed by atoms with E-state index in [1.165, 1.54) is 32.4 Å². The largest absolute Gasteiger partial charge is 0.392 e. The highest BCUT2D eigenvalue weighted by Gasteiger charge is 2.25. The Balaban J connectivity index is 1.83. The number of rotatable bonds is 1. The molecular weight excluding hydrogens is 152 g/mol. The average molecular weight is 170 g/mol. The van der Waals surface area contributed by atoms with Gasteiger partial charge in [0, 0.05) is 26.2 Å². The van der Waals surface area contributed by atoms with Gasteiger partial charge in [-0.25, -0.2) is 10.0 Å². The van der Waals surface area contributed by atoms with Crippen LogP contribution in [0.2, 0.25) is 0 Å². The van der Waals surface area contributed by atoms with Crippen LogP contribution in [0.5, 0.6) is 0 Å². The molecule has 2 heterocycles. The summed E-state index contributed by atoms with van der Waals surface area (Å²) in [4.78, 5) is 0. The van der Waals surface area contributed by atoms with Gasteiger partial charge in [-0.2, -0.15) is 0 Å². The molecule has 0 aliphatic carbocycles. The van der Waals surface area contributed by atoms with E-state index in [9.17, 15) is 5.11 Å². The number of hydrogen-bond acceptors (Lipinski definition) is 3. The molecule has 2 aliphatic heterocycles. The molecule has 3 heteroatoms. The number of aliphatic hydroxyl groups is 1. The summed E-state index contributed by atoms with van der Waals surface area (Å²) in [6, 6.07) is 0. The third-order valence-corrected chi connectivity index (χ3v) is 2.87. The second-order valence-corrected chi connectivity index (χ2v) is 3.87. The molecule has 12 heavy (non-hydrogen) atoms. The molecule has 0 radical (unpaired) electrons. The van der Waals surface area contributed by atoms with E-state index in [2.05, 4.69) is 10.0 Å². The fourth-order valence-corrected chi connectivity index (χ4v) is 2.14. The summed E-state index contributed by atoms with van der Waals surface area (Å²) >= 11 is 0. The van der Waals surface area contributed by atoms with Gasteiger partial charge in [0.15, 0.2) is 0 Å². The Bertz CT molecular complexity index is 143. The molecule has 2 rings (SSSR count). The maximum Gasteiger partial charge on any atom is 0.0694 e. The van der Waals surface area contributed by atoms with Gasteiger partial charge in [-0.15, -0.1) is 0 Å². The highest BCUT2D eigenvalue weighted by atomic mass is 16.3. The molecule has 1 atom stereocenters. The van der Waals surface area contributed by atoms with Crippen molar-refractivity contribution in [2.75, 3.05) is 26.2 Å². The van der Waals surface area contributed by atoms with Gasteiger partial charge in [0.2, 0.25) is 0 Å². The molecule has 3 nitrogen and oxygen atoms in total. The summed E-state index contributed by atoms with van der Waals surface area (Å²) in [6.07, 6.45) is 4.91. The van der Waals surface area contributed by atoms with E-state index >= 15 is 0 Å². The van der Waals surface area contributed by atoms with Crippen LogP contribution >= 0.6 is 0 Å². The lowest BCUT2D eigenvalue weighted by molar-refractivity contribution is -0.0275. The molecule has 70 valence electrons. The molecule has 2 aliphatic rings. The van der Waals surface area contributed by atoms with Crippen LogP contribution in [0.25, 0.3) is 0 Å². The van der Waals surface area contributed by atoms with Gasteiger partial charge in [0.05, 0.1) is 6.10 Å². The smallest absolute Gasteiger partial charge is 0.0694 e.